The van der Waals surface area contributed by atoms with E-state index < -0.39 is 0 Å². The van der Waals surface area contributed by atoms with Gasteiger partial charge in [0.05, 0.1) is 5.69 Å². The third-order valence-corrected chi connectivity index (χ3v) is 6.47. The van der Waals surface area contributed by atoms with Crippen LogP contribution in [0.3, 0.4) is 0 Å². The zero-order valence-electron chi connectivity index (χ0n) is 21.9. The number of aryl methyl sites for hydroxylation is 1. The van der Waals surface area contributed by atoms with Crippen LogP contribution in [0.4, 0.5) is 11.8 Å². The molecule has 0 aliphatic rings. The van der Waals surface area contributed by atoms with Gasteiger partial charge in [0.2, 0.25) is 17.8 Å². The number of anilines is 2. The second-order valence-electron chi connectivity index (χ2n) is 9.11. The van der Waals surface area contributed by atoms with Crippen LogP contribution in [0, 0.1) is 11.8 Å². The minimum absolute atomic E-state index is 0.0446. The Morgan fingerprint density at radius 3 is 1.71 bits per heavy atom. The van der Waals surface area contributed by atoms with Crippen LogP contribution in [0.5, 0.6) is 0 Å². The van der Waals surface area contributed by atoms with E-state index >= 15 is 0 Å². The fraction of sp³-hybridized carbons (Fsp3) is 0.571. The van der Waals surface area contributed by atoms with Crippen molar-refractivity contribution >= 4 is 35.2 Å². The van der Waals surface area contributed by atoms with Gasteiger partial charge in [-0.15, -0.1) is 0 Å². The van der Waals surface area contributed by atoms with Crippen molar-refractivity contribution < 1.29 is 9.59 Å². The van der Waals surface area contributed by atoms with Crippen LogP contribution < -0.4 is 10.6 Å². The van der Waals surface area contributed by atoms with E-state index in [1.165, 1.54) is 0 Å². The lowest BCUT2D eigenvalue weighted by atomic mass is 9.97. The Labute approximate surface area is 215 Å². The maximum atomic E-state index is 13.3. The molecular formula is C28H41ClN4O2. The van der Waals surface area contributed by atoms with Crippen molar-refractivity contribution in [3.8, 4) is 11.1 Å². The molecule has 7 heteroatoms. The Morgan fingerprint density at radius 1 is 0.771 bits per heavy atom. The summed E-state index contributed by atoms with van der Waals surface area (Å²) in [5.74, 6) is 0.392. The molecule has 0 aliphatic carbocycles. The summed E-state index contributed by atoms with van der Waals surface area (Å²) in [5, 5.41) is 6.65. The molecule has 0 aliphatic heterocycles. The molecule has 2 amide bonds. The lowest BCUT2D eigenvalue weighted by molar-refractivity contribution is -0.121. The SMILES string of the molecule is CCCC(CCC)C(=O)Nc1nc(CC)c(-c2ccc(Cl)cc2)c(NC(=O)C(CCC)CCC)n1. The largest absolute Gasteiger partial charge is 0.310 e. The van der Waals surface area contributed by atoms with Gasteiger partial charge in [-0.25, -0.2) is 4.98 Å². The first-order valence-corrected chi connectivity index (χ1v) is 13.5. The quantitative estimate of drug-likeness (QED) is 0.278. The maximum Gasteiger partial charge on any atom is 0.231 e. The number of carbonyl (C=O) groups excluding carboxylic acids is 2. The molecule has 35 heavy (non-hydrogen) atoms. The van der Waals surface area contributed by atoms with Crippen molar-refractivity contribution in [2.45, 2.75) is 92.4 Å². The number of halogens is 1. The molecule has 0 spiro atoms. The normalized spacial score (nSPS) is 11.2. The summed E-state index contributed by atoms with van der Waals surface area (Å²) in [6.45, 7) is 10.3. The first kappa shape index (κ1) is 28.8. The molecule has 1 aromatic carbocycles. The van der Waals surface area contributed by atoms with Gasteiger partial charge < -0.3 is 5.32 Å². The molecule has 2 N–H and O–H groups in total. The molecule has 0 radical (unpaired) electrons. The highest BCUT2D eigenvalue weighted by molar-refractivity contribution is 6.30. The van der Waals surface area contributed by atoms with Gasteiger partial charge >= 0.3 is 0 Å². The standard InChI is InChI=1S/C28H41ClN4O2/c1-6-11-20(12-7-2)26(34)31-25-24(19-15-17-22(29)18-16-19)23(10-5)30-28(32-25)33-27(35)21(13-8-3)14-9-4/h15-18,20-21H,6-14H2,1-5H3,(H2,30,31,32,33,34,35). The zero-order chi connectivity index (χ0) is 25.8. The van der Waals surface area contributed by atoms with Crippen LogP contribution in [0.2, 0.25) is 5.02 Å². The van der Waals surface area contributed by atoms with E-state index in [1.807, 2.05) is 31.2 Å². The summed E-state index contributed by atoms with van der Waals surface area (Å²) in [6.07, 6.45) is 7.64. The molecule has 6 nitrogen and oxygen atoms in total. The van der Waals surface area contributed by atoms with Gasteiger partial charge in [0.15, 0.2) is 0 Å². The number of carbonyl (C=O) groups is 2. The number of aromatic nitrogens is 2. The van der Waals surface area contributed by atoms with Crippen LogP contribution >= 0.6 is 11.6 Å². The van der Waals surface area contributed by atoms with Crippen molar-refractivity contribution in [1.29, 1.82) is 0 Å². The van der Waals surface area contributed by atoms with E-state index in [9.17, 15) is 9.59 Å². The number of amides is 2. The van der Waals surface area contributed by atoms with E-state index in [2.05, 4.69) is 43.3 Å². The van der Waals surface area contributed by atoms with Crippen LogP contribution in [-0.2, 0) is 16.0 Å². The van der Waals surface area contributed by atoms with Gasteiger partial charge in [0, 0.05) is 22.4 Å². The average Bonchev–Trinajstić information content (AvgIpc) is 2.84. The number of rotatable bonds is 14. The molecule has 1 heterocycles. The van der Waals surface area contributed by atoms with E-state index in [1.54, 1.807) is 0 Å². The first-order valence-electron chi connectivity index (χ1n) is 13.2. The third-order valence-electron chi connectivity index (χ3n) is 6.22. The van der Waals surface area contributed by atoms with Crippen LogP contribution in [0.15, 0.2) is 24.3 Å². The van der Waals surface area contributed by atoms with Gasteiger partial charge in [0.1, 0.15) is 5.82 Å². The molecule has 0 saturated heterocycles. The van der Waals surface area contributed by atoms with Gasteiger partial charge in [-0.2, -0.15) is 4.98 Å². The smallest absolute Gasteiger partial charge is 0.231 e. The first-order chi connectivity index (χ1) is 16.9. The van der Waals surface area contributed by atoms with E-state index in [4.69, 9.17) is 16.6 Å². The highest BCUT2D eigenvalue weighted by Crippen LogP contribution is 2.33. The molecule has 0 fully saturated rings. The fourth-order valence-corrected chi connectivity index (χ4v) is 4.59. The molecule has 0 bridgehead atoms. The summed E-state index contributed by atoms with van der Waals surface area (Å²) in [4.78, 5) is 35.6. The summed E-state index contributed by atoms with van der Waals surface area (Å²) < 4.78 is 0. The van der Waals surface area contributed by atoms with E-state index in [0.717, 1.165) is 68.2 Å². The van der Waals surface area contributed by atoms with Gasteiger partial charge in [-0.3, -0.25) is 14.9 Å². The summed E-state index contributed by atoms with van der Waals surface area (Å²) in [6, 6.07) is 7.44. The summed E-state index contributed by atoms with van der Waals surface area (Å²) in [7, 11) is 0. The molecule has 2 aromatic rings. The molecule has 192 valence electrons. The molecular weight excluding hydrogens is 460 g/mol. The number of benzene rings is 1. The molecule has 1 aromatic heterocycles. The molecule has 0 atom stereocenters. The van der Waals surface area contributed by atoms with Crippen molar-refractivity contribution in [3.05, 3.63) is 35.0 Å². The average molecular weight is 501 g/mol. The Kier molecular flexibility index (Phi) is 12.2. The maximum absolute atomic E-state index is 13.3. The second-order valence-corrected chi connectivity index (χ2v) is 9.54. The highest BCUT2D eigenvalue weighted by atomic mass is 35.5. The van der Waals surface area contributed by atoms with Crippen molar-refractivity contribution in [1.82, 2.24) is 9.97 Å². The lowest BCUT2D eigenvalue weighted by Gasteiger charge is -2.20. The Morgan fingerprint density at radius 2 is 1.26 bits per heavy atom. The molecule has 0 unspecified atom stereocenters. The molecule has 0 saturated carbocycles. The minimum Gasteiger partial charge on any atom is -0.310 e. The van der Waals surface area contributed by atoms with Crippen molar-refractivity contribution in [3.63, 3.8) is 0 Å². The second kappa shape index (κ2) is 14.8. The van der Waals surface area contributed by atoms with Crippen LogP contribution in [0.1, 0.15) is 91.7 Å². The topological polar surface area (TPSA) is 84.0 Å². The third kappa shape index (κ3) is 8.31. The van der Waals surface area contributed by atoms with Crippen LogP contribution in [0.25, 0.3) is 11.1 Å². The number of nitrogens with one attached hydrogen (secondary N) is 2. The lowest BCUT2D eigenvalue weighted by Crippen LogP contribution is -2.26. The number of nitrogens with zero attached hydrogens (tertiary/aromatic N) is 2. The van der Waals surface area contributed by atoms with Crippen LogP contribution in [-0.4, -0.2) is 21.8 Å². The predicted octanol–water partition coefficient (Wildman–Crippen LogP) is 7.67. The minimum atomic E-state index is -0.0837. The Bertz CT molecular complexity index is 950. The Hall–Kier alpha value is -2.47. The number of hydrogen-bond acceptors (Lipinski definition) is 4. The van der Waals surface area contributed by atoms with E-state index in [-0.39, 0.29) is 29.6 Å². The zero-order valence-corrected chi connectivity index (χ0v) is 22.7. The Balaban J connectivity index is 2.52. The molecule has 2 rings (SSSR count). The van der Waals surface area contributed by atoms with E-state index in [0.29, 0.717) is 17.3 Å². The van der Waals surface area contributed by atoms with Gasteiger partial charge in [-0.1, -0.05) is 84.0 Å². The monoisotopic (exact) mass is 500 g/mol. The van der Waals surface area contributed by atoms with Gasteiger partial charge in [0.25, 0.3) is 0 Å². The summed E-state index contributed by atoms with van der Waals surface area (Å²) in [5.41, 5.74) is 2.40. The predicted molar refractivity (Wildman–Crippen MR) is 146 cm³/mol. The van der Waals surface area contributed by atoms with Crippen molar-refractivity contribution in [2.75, 3.05) is 10.6 Å². The highest BCUT2D eigenvalue weighted by Gasteiger charge is 2.24. The summed E-state index contributed by atoms with van der Waals surface area (Å²) >= 11 is 6.12. The number of hydrogen-bond donors (Lipinski definition) is 2. The van der Waals surface area contributed by atoms with Gasteiger partial charge in [-0.05, 0) is 49.8 Å². The van der Waals surface area contributed by atoms with Crippen molar-refractivity contribution in [2.24, 2.45) is 11.8 Å². The fourth-order valence-electron chi connectivity index (χ4n) is 4.47.